The zero-order chi connectivity index (χ0) is 15.5. The first-order chi connectivity index (χ1) is 10.2. The van der Waals surface area contributed by atoms with Crippen LogP contribution in [0.2, 0.25) is 0 Å². The predicted octanol–water partition coefficient (Wildman–Crippen LogP) is 3.78. The van der Waals surface area contributed by atoms with Crippen LogP contribution in [-0.4, -0.2) is 18.5 Å². The summed E-state index contributed by atoms with van der Waals surface area (Å²) in [7, 11) is 0. The molecule has 4 heteroatoms. The Balaban J connectivity index is 2.46. The Morgan fingerprint density at radius 3 is 2.48 bits per heavy atom. The van der Waals surface area contributed by atoms with E-state index in [2.05, 4.69) is 12.2 Å². The first-order valence-electron chi connectivity index (χ1n) is 7.40. The molecule has 0 unspecified atom stereocenters. The summed E-state index contributed by atoms with van der Waals surface area (Å²) in [6.07, 6.45) is 6.73. The molecule has 1 amide bonds. The molecular weight excluding hydrogens is 266 g/mol. The normalized spacial score (nSPS) is 10.6. The largest absolute Gasteiger partial charge is 0.463 e. The van der Waals surface area contributed by atoms with Gasteiger partial charge in [-0.2, -0.15) is 0 Å². The number of anilines is 1. The van der Waals surface area contributed by atoms with E-state index in [1.165, 1.54) is 6.08 Å². The monoisotopic (exact) mass is 289 g/mol. The van der Waals surface area contributed by atoms with Gasteiger partial charge in [-0.3, -0.25) is 4.79 Å². The highest BCUT2D eigenvalue weighted by Crippen LogP contribution is 2.12. The van der Waals surface area contributed by atoms with Gasteiger partial charge in [0.25, 0.3) is 0 Å². The van der Waals surface area contributed by atoms with Crippen LogP contribution in [0.1, 0.15) is 45.1 Å². The van der Waals surface area contributed by atoms with E-state index in [1.54, 1.807) is 13.0 Å². The highest BCUT2D eigenvalue weighted by atomic mass is 16.5. The summed E-state index contributed by atoms with van der Waals surface area (Å²) in [5.41, 5.74) is 1.65. The van der Waals surface area contributed by atoms with Gasteiger partial charge in [0.2, 0.25) is 5.91 Å². The molecule has 0 aliphatic rings. The van der Waals surface area contributed by atoms with Crippen molar-refractivity contribution in [3.8, 4) is 0 Å². The van der Waals surface area contributed by atoms with Gasteiger partial charge in [-0.15, -0.1) is 0 Å². The molecule has 0 bridgehead atoms. The molecule has 21 heavy (non-hydrogen) atoms. The number of amides is 1. The van der Waals surface area contributed by atoms with Gasteiger partial charge in [-0.05, 0) is 37.1 Å². The van der Waals surface area contributed by atoms with Crippen molar-refractivity contribution in [3.05, 3.63) is 35.9 Å². The molecule has 0 fully saturated rings. The fourth-order valence-electron chi connectivity index (χ4n) is 1.79. The quantitative estimate of drug-likeness (QED) is 0.450. The van der Waals surface area contributed by atoms with Crippen molar-refractivity contribution in [1.82, 2.24) is 0 Å². The molecule has 0 spiro atoms. The Morgan fingerprint density at radius 2 is 1.86 bits per heavy atom. The highest BCUT2D eigenvalue weighted by Gasteiger charge is 2.01. The maximum absolute atomic E-state index is 11.7. The van der Waals surface area contributed by atoms with Crippen molar-refractivity contribution in [2.45, 2.75) is 39.5 Å². The van der Waals surface area contributed by atoms with Crippen LogP contribution in [0.3, 0.4) is 0 Å². The van der Waals surface area contributed by atoms with Gasteiger partial charge in [-0.25, -0.2) is 4.79 Å². The van der Waals surface area contributed by atoms with E-state index in [9.17, 15) is 9.59 Å². The second-order valence-corrected chi connectivity index (χ2v) is 4.71. The standard InChI is InChI=1S/C17H23NO3/c1-3-5-6-7-16(19)18-15-11-8-14(9-12-15)10-13-17(20)21-4-2/h8-13H,3-7H2,1-2H3,(H,18,19)/b13-10+. The van der Waals surface area contributed by atoms with Crippen LogP contribution in [0.15, 0.2) is 30.3 Å². The third-order valence-corrected chi connectivity index (χ3v) is 2.90. The number of ether oxygens (including phenoxy) is 1. The summed E-state index contributed by atoms with van der Waals surface area (Å²) >= 11 is 0. The van der Waals surface area contributed by atoms with Crippen LogP contribution >= 0.6 is 0 Å². The lowest BCUT2D eigenvalue weighted by Gasteiger charge is -2.05. The lowest BCUT2D eigenvalue weighted by molar-refractivity contribution is -0.137. The Kier molecular flexibility index (Phi) is 7.87. The van der Waals surface area contributed by atoms with Gasteiger partial charge in [0.15, 0.2) is 0 Å². The first-order valence-corrected chi connectivity index (χ1v) is 7.40. The van der Waals surface area contributed by atoms with Gasteiger partial charge in [0.05, 0.1) is 6.61 Å². The zero-order valence-electron chi connectivity index (χ0n) is 12.7. The van der Waals surface area contributed by atoms with Crippen molar-refractivity contribution >= 4 is 23.6 Å². The molecule has 1 aromatic carbocycles. The first kappa shape index (κ1) is 17.0. The summed E-state index contributed by atoms with van der Waals surface area (Å²) < 4.78 is 4.80. The van der Waals surface area contributed by atoms with Gasteiger partial charge in [0.1, 0.15) is 0 Å². The minimum absolute atomic E-state index is 0.0401. The molecule has 0 saturated heterocycles. The number of unbranched alkanes of at least 4 members (excludes halogenated alkanes) is 2. The summed E-state index contributed by atoms with van der Waals surface area (Å²) in [6.45, 7) is 4.25. The number of esters is 1. The average Bonchev–Trinajstić information content (AvgIpc) is 2.47. The topological polar surface area (TPSA) is 55.4 Å². The summed E-state index contributed by atoms with van der Waals surface area (Å²) in [4.78, 5) is 22.9. The van der Waals surface area contributed by atoms with E-state index in [-0.39, 0.29) is 11.9 Å². The van der Waals surface area contributed by atoms with E-state index in [1.807, 2.05) is 24.3 Å². The van der Waals surface area contributed by atoms with E-state index in [4.69, 9.17) is 4.74 Å². The Labute approximate surface area is 126 Å². The van der Waals surface area contributed by atoms with E-state index >= 15 is 0 Å². The van der Waals surface area contributed by atoms with Crippen LogP contribution in [0, 0.1) is 0 Å². The van der Waals surface area contributed by atoms with Crippen molar-refractivity contribution < 1.29 is 14.3 Å². The Hall–Kier alpha value is -2.10. The van der Waals surface area contributed by atoms with Gasteiger partial charge in [0, 0.05) is 18.2 Å². The SMILES string of the molecule is CCCCCC(=O)Nc1ccc(/C=C/C(=O)OCC)cc1. The lowest BCUT2D eigenvalue weighted by Crippen LogP contribution is -2.10. The van der Waals surface area contributed by atoms with Gasteiger partial charge < -0.3 is 10.1 Å². The lowest BCUT2D eigenvalue weighted by atomic mass is 10.1. The van der Waals surface area contributed by atoms with Crippen LogP contribution in [0.4, 0.5) is 5.69 Å². The molecule has 0 saturated carbocycles. The number of hydrogen-bond donors (Lipinski definition) is 1. The fourth-order valence-corrected chi connectivity index (χ4v) is 1.79. The highest BCUT2D eigenvalue weighted by molar-refractivity contribution is 5.91. The third-order valence-electron chi connectivity index (χ3n) is 2.90. The van der Waals surface area contributed by atoms with E-state index < -0.39 is 0 Å². The minimum atomic E-state index is -0.356. The van der Waals surface area contributed by atoms with Crippen molar-refractivity contribution in [2.75, 3.05) is 11.9 Å². The third kappa shape index (κ3) is 7.30. The molecule has 0 atom stereocenters. The number of carbonyl (C=O) groups is 2. The summed E-state index contributed by atoms with van der Waals surface area (Å²) in [5, 5.41) is 2.86. The minimum Gasteiger partial charge on any atom is -0.463 e. The van der Waals surface area contributed by atoms with E-state index in [0.717, 1.165) is 30.5 Å². The summed E-state index contributed by atoms with van der Waals surface area (Å²) in [5.74, 6) is -0.316. The second kappa shape index (κ2) is 9.75. The number of hydrogen-bond acceptors (Lipinski definition) is 3. The second-order valence-electron chi connectivity index (χ2n) is 4.71. The van der Waals surface area contributed by atoms with Crippen LogP contribution in [-0.2, 0) is 14.3 Å². The smallest absolute Gasteiger partial charge is 0.330 e. The molecule has 0 aromatic heterocycles. The van der Waals surface area contributed by atoms with Crippen LogP contribution in [0.25, 0.3) is 6.08 Å². The molecule has 0 heterocycles. The number of nitrogens with one attached hydrogen (secondary N) is 1. The summed E-state index contributed by atoms with van der Waals surface area (Å²) in [6, 6.07) is 7.33. The molecule has 114 valence electrons. The zero-order valence-corrected chi connectivity index (χ0v) is 12.7. The molecular formula is C17H23NO3. The Morgan fingerprint density at radius 1 is 1.14 bits per heavy atom. The number of rotatable bonds is 8. The van der Waals surface area contributed by atoms with Gasteiger partial charge in [-0.1, -0.05) is 31.9 Å². The van der Waals surface area contributed by atoms with Crippen LogP contribution in [0.5, 0.6) is 0 Å². The van der Waals surface area contributed by atoms with Crippen molar-refractivity contribution in [3.63, 3.8) is 0 Å². The number of benzene rings is 1. The molecule has 1 aromatic rings. The number of carbonyl (C=O) groups excluding carboxylic acids is 2. The van der Waals surface area contributed by atoms with Crippen molar-refractivity contribution in [1.29, 1.82) is 0 Å². The maximum atomic E-state index is 11.7. The predicted molar refractivity (Wildman–Crippen MR) is 84.9 cm³/mol. The fraction of sp³-hybridized carbons (Fsp3) is 0.412. The Bertz CT molecular complexity index is 477. The van der Waals surface area contributed by atoms with Crippen molar-refractivity contribution in [2.24, 2.45) is 0 Å². The maximum Gasteiger partial charge on any atom is 0.330 e. The molecule has 1 rings (SSSR count). The molecule has 1 N–H and O–H groups in total. The molecule has 0 aliphatic carbocycles. The van der Waals surface area contributed by atoms with Crippen LogP contribution < -0.4 is 5.32 Å². The molecule has 0 aliphatic heterocycles. The molecule has 4 nitrogen and oxygen atoms in total. The average molecular weight is 289 g/mol. The molecule has 0 radical (unpaired) electrons. The van der Waals surface area contributed by atoms with E-state index in [0.29, 0.717) is 13.0 Å². The van der Waals surface area contributed by atoms with Gasteiger partial charge >= 0.3 is 5.97 Å².